The Morgan fingerprint density at radius 3 is 2.70 bits per heavy atom. The number of ether oxygens (including phenoxy) is 1. The minimum atomic E-state index is 0.400. The van der Waals surface area contributed by atoms with Crippen LogP contribution in [0.4, 0.5) is 0 Å². The van der Waals surface area contributed by atoms with Crippen molar-refractivity contribution in [2.75, 3.05) is 6.61 Å². The number of alkyl halides is 1. The standard InChI is InChI=1S/C18H19BrO/c1-11-9-14(10-20-11)18(19)16-8-7-13-6-5-12-3-2-4-15(16)17(12)13/h2-4,7-8,11,14,18H,5-6,9-10H2,1H3. The maximum Gasteiger partial charge on any atom is 0.0551 e. The molecule has 1 nitrogen and oxygen atoms in total. The lowest BCUT2D eigenvalue weighted by molar-refractivity contribution is 0.120. The second-order valence-electron chi connectivity index (χ2n) is 6.20. The van der Waals surface area contributed by atoms with Crippen LogP contribution in [0, 0.1) is 5.92 Å². The minimum absolute atomic E-state index is 0.400. The molecule has 0 bridgehead atoms. The van der Waals surface area contributed by atoms with Gasteiger partial charge < -0.3 is 4.74 Å². The molecule has 0 radical (unpaired) electrons. The Kier molecular flexibility index (Phi) is 3.12. The average Bonchev–Trinajstić information content (AvgIpc) is 3.07. The number of hydrogen-bond donors (Lipinski definition) is 0. The van der Waals surface area contributed by atoms with Gasteiger partial charge >= 0.3 is 0 Å². The molecule has 2 aliphatic rings. The molecule has 1 saturated heterocycles. The van der Waals surface area contributed by atoms with Crippen LogP contribution in [0.15, 0.2) is 30.3 Å². The van der Waals surface area contributed by atoms with Gasteiger partial charge in [-0.2, -0.15) is 0 Å². The van der Waals surface area contributed by atoms with Crippen molar-refractivity contribution in [2.24, 2.45) is 5.92 Å². The Labute approximate surface area is 128 Å². The summed E-state index contributed by atoms with van der Waals surface area (Å²) in [5.74, 6) is 0.587. The van der Waals surface area contributed by atoms with Crippen molar-refractivity contribution < 1.29 is 4.74 Å². The molecule has 2 aromatic carbocycles. The van der Waals surface area contributed by atoms with E-state index < -0.39 is 0 Å². The van der Waals surface area contributed by atoms with Crippen molar-refractivity contribution in [3.05, 3.63) is 47.0 Å². The van der Waals surface area contributed by atoms with Crippen LogP contribution in [0.2, 0.25) is 0 Å². The van der Waals surface area contributed by atoms with E-state index in [0.29, 0.717) is 16.8 Å². The Hall–Kier alpha value is -0.860. The molecule has 0 amide bonds. The number of halogens is 1. The van der Waals surface area contributed by atoms with Crippen LogP contribution in [0.1, 0.15) is 34.9 Å². The molecular formula is C18H19BrO. The van der Waals surface area contributed by atoms with Gasteiger partial charge in [0.1, 0.15) is 0 Å². The molecule has 1 fully saturated rings. The zero-order chi connectivity index (χ0) is 13.7. The maximum atomic E-state index is 5.75. The van der Waals surface area contributed by atoms with Crippen LogP contribution in [-0.4, -0.2) is 12.7 Å². The van der Waals surface area contributed by atoms with E-state index in [1.165, 1.54) is 40.3 Å². The van der Waals surface area contributed by atoms with Gasteiger partial charge in [0.25, 0.3) is 0 Å². The van der Waals surface area contributed by atoms with Crippen molar-refractivity contribution in [3.63, 3.8) is 0 Å². The molecule has 2 aromatic rings. The van der Waals surface area contributed by atoms with Crippen molar-refractivity contribution in [2.45, 2.75) is 37.1 Å². The van der Waals surface area contributed by atoms with Gasteiger partial charge in [-0.1, -0.05) is 46.3 Å². The lowest BCUT2D eigenvalue weighted by atomic mass is 9.91. The van der Waals surface area contributed by atoms with Crippen LogP contribution < -0.4 is 0 Å². The quantitative estimate of drug-likeness (QED) is 0.718. The fraction of sp³-hybridized carbons (Fsp3) is 0.444. The van der Waals surface area contributed by atoms with Crippen LogP contribution >= 0.6 is 15.9 Å². The fourth-order valence-electron chi connectivity index (χ4n) is 3.82. The van der Waals surface area contributed by atoms with Gasteiger partial charge in [-0.05, 0) is 53.6 Å². The van der Waals surface area contributed by atoms with Gasteiger partial charge in [0.15, 0.2) is 0 Å². The summed E-state index contributed by atoms with van der Waals surface area (Å²) in [6.07, 6.45) is 3.95. The molecule has 4 rings (SSSR count). The summed E-state index contributed by atoms with van der Waals surface area (Å²) in [7, 11) is 0. The summed E-state index contributed by atoms with van der Waals surface area (Å²) in [5.41, 5.74) is 4.49. The number of hydrogen-bond acceptors (Lipinski definition) is 1. The maximum absolute atomic E-state index is 5.75. The van der Waals surface area contributed by atoms with E-state index in [1.807, 2.05) is 0 Å². The molecule has 20 heavy (non-hydrogen) atoms. The van der Waals surface area contributed by atoms with E-state index in [1.54, 1.807) is 0 Å². The van der Waals surface area contributed by atoms with Crippen molar-refractivity contribution in [3.8, 4) is 0 Å². The third-order valence-corrected chi connectivity index (χ3v) is 6.09. The van der Waals surface area contributed by atoms with Gasteiger partial charge in [0.05, 0.1) is 12.7 Å². The predicted molar refractivity (Wildman–Crippen MR) is 86.5 cm³/mol. The molecule has 1 heterocycles. The first-order chi connectivity index (χ1) is 9.74. The molecule has 104 valence electrons. The second-order valence-corrected chi connectivity index (χ2v) is 7.18. The summed E-state index contributed by atoms with van der Waals surface area (Å²) in [4.78, 5) is 0.400. The van der Waals surface area contributed by atoms with Crippen molar-refractivity contribution in [1.82, 2.24) is 0 Å². The highest BCUT2D eigenvalue weighted by molar-refractivity contribution is 9.09. The van der Waals surface area contributed by atoms with E-state index in [2.05, 4.69) is 53.2 Å². The first kappa shape index (κ1) is 12.8. The number of benzene rings is 2. The van der Waals surface area contributed by atoms with E-state index >= 15 is 0 Å². The van der Waals surface area contributed by atoms with E-state index in [4.69, 9.17) is 4.74 Å². The summed E-state index contributed by atoms with van der Waals surface area (Å²) >= 11 is 3.95. The lowest BCUT2D eigenvalue weighted by Gasteiger charge is -2.19. The monoisotopic (exact) mass is 330 g/mol. The first-order valence-electron chi connectivity index (χ1n) is 7.53. The fourth-order valence-corrected chi connectivity index (χ4v) is 4.59. The highest BCUT2D eigenvalue weighted by atomic mass is 79.9. The van der Waals surface area contributed by atoms with Gasteiger partial charge in [0.2, 0.25) is 0 Å². The van der Waals surface area contributed by atoms with E-state index in [9.17, 15) is 0 Å². The Morgan fingerprint density at radius 1 is 1.15 bits per heavy atom. The van der Waals surface area contributed by atoms with Crippen LogP contribution in [-0.2, 0) is 17.6 Å². The summed E-state index contributed by atoms with van der Waals surface area (Å²) in [6.45, 7) is 3.05. The number of rotatable bonds is 2. The third-order valence-electron chi connectivity index (χ3n) is 4.85. The van der Waals surface area contributed by atoms with Gasteiger partial charge in [0, 0.05) is 10.7 Å². The van der Waals surface area contributed by atoms with Crippen LogP contribution in [0.5, 0.6) is 0 Å². The molecule has 0 aromatic heterocycles. The smallest absolute Gasteiger partial charge is 0.0551 e. The van der Waals surface area contributed by atoms with Gasteiger partial charge in [-0.15, -0.1) is 0 Å². The van der Waals surface area contributed by atoms with Gasteiger partial charge in [-0.25, -0.2) is 0 Å². The molecule has 2 heteroatoms. The second kappa shape index (κ2) is 4.85. The molecule has 0 spiro atoms. The Balaban J connectivity index is 1.81. The average molecular weight is 331 g/mol. The SMILES string of the molecule is CC1CC(C(Br)c2ccc3c4c(cccc24)CC3)CO1. The molecule has 3 unspecified atom stereocenters. The normalized spacial score (nSPS) is 26.3. The van der Waals surface area contributed by atoms with Crippen LogP contribution in [0.25, 0.3) is 10.8 Å². The first-order valence-corrected chi connectivity index (χ1v) is 8.44. The van der Waals surface area contributed by atoms with E-state index in [0.717, 1.165) is 13.0 Å². The van der Waals surface area contributed by atoms with Crippen molar-refractivity contribution >= 4 is 26.7 Å². The minimum Gasteiger partial charge on any atom is -0.378 e. The molecular weight excluding hydrogens is 312 g/mol. The highest BCUT2D eigenvalue weighted by Crippen LogP contribution is 2.43. The summed E-state index contributed by atoms with van der Waals surface area (Å²) in [5, 5.41) is 2.96. The molecule has 0 N–H and O–H groups in total. The molecule has 1 aliphatic heterocycles. The van der Waals surface area contributed by atoms with Crippen molar-refractivity contribution in [1.29, 1.82) is 0 Å². The third kappa shape index (κ3) is 1.93. The molecule has 3 atom stereocenters. The van der Waals surface area contributed by atoms with E-state index in [-0.39, 0.29) is 0 Å². The highest BCUT2D eigenvalue weighted by Gasteiger charge is 2.30. The zero-order valence-electron chi connectivity index (χ0n) is 11.7. The topological polar surface area (TPSA) is 9.23 Å². The predicted octanol–water partition coefficient (Wildman–Crippen LogP) is 4.80. The van der Waals surface area contributed by atoms with Gasteiger partial charge in [-0.3, -0.25) is 0 Å². The largest absolute Gasteiger partial charge is 0.378 e. The molecule has 0 saturated carbocycles. The Bertz CT molecular complexity index is 654. The summed E-state index contributed by atoms with van der Waals surface area (Å²) < 4.78 is 5.75. The van der Waals surface area contributed by atoms with Crippen LogP contribution in [0.3, 0.4) is 0 Å². The summed E-state index contributed by atoms with van der Waals surface area (Å²) in [6, 6.07) is 11.4. The zero-order valence-corrected chi connectivity index (χ0v) is 13.3. The lowest BCUT2D eigenvalue weighted by Crippen LogP contribution is -2.08. The molecule has 1 aliphatic carbocycles. The Morgan fingerprint density at radius 2 is 1.95 bits per heavy atom. The number of aryl methyl sites for hydroxylation is 2.